The van der Waals surface area contributed by atoms with Crippen LogP contribution in [0.5, 0.6) is 0 Å². The molecule has 0 saturated carbocycles. The fourth-order valence-corrected chi connectivity index (χ4v) is 3.87. The Morgan fingerprint density at radius 2 is 2.33 bits per heavy atom. The van der Waals surface area contributed by atoms with E-state index in [1.807, 2.05) is 0 Å². The van der Waals surface area contributed by atoms with E-state index in [2.05, 4.69) is 0 Å². The van der Waals surface area contributed by atoms with E-state index >= 15 is 0 Å². The predicted octanol–water partition coefficient (Wildman–Crippen LogP) is 2.99. The van der Waals surface area contributed by atoms with Gasteiger partial charge in [-0.3, -0.25) is 4.21 Å². The highest BCUT2D eigenvalue weighted by Crippen LogP contribution is 2.26. The van der Waals surface area contributed by atoms with Crippen LogP contribution in [0, 0.1) is 0 Å². The van der Waals surface area contributed by atoms with Gasteiger partial charge in [0.2, 0.25) is 0 Å². The molecule has 1 heterocycles. The zero-order valence-electron chi connectivity index (χ0n) is 10.2. The molecule has 0 aromatic heterocycles. The predicted molar refractivity (Wildman–Crippen MR) is 75.3 cm³/mol. The first-order valence-electron chi connectivity index (χ1n) is 6.22. The van der Waals surface area contributed by atoms with Crippen molar-refractivity contribution in [1.82, 2.24) is 0 Å². The van der Waals surface area contributed by atoms with E-state index in [9.17, 15) is 4.21 Å². The first kappa shape index (κ1) is 13.8. The molecule has 2 rings (SSSR count). The third-order valence-electron chi connectivity index (χ3n) is 3.10. The summed E-state index contributed by atoms with van der Waals surface area (Å²) in [5.41, 5.74) is 6.33. The van der Waals surface area contributed by atoms with Gasteiger partial charge < -0.3 is 10.5 Å². The van der Waals surface area contributed by atoms with Crippen molar-refractivity contribution in [2.24, 2.45) is 0 Å². The van der Waals surface area contributed by atoms with Gasteiger partial charge in [0.25, 0.3) is 0 Å². The van der Waals surface area contributed by atoms with Crippen LogP contribution in [0.3, 0.4) is 0 Å². The average Bonchev–Trinajstić information content (AvgIpc) is 2.82. The van der Waals surface area contributed by atoms with Crippen molar-refractivity contribution >= 4 is 28.1 Å². The van der Waals surface area contributed by atoms with Crippen molar-refractivity contribution in [1.29, 1.82) is 0 Å². The Hall–Kier alpha value is -0.580. The van der Waals surface area contributed by atoms with E-state index in [1.54, 1.807) is 18.2 Å². The van der Waals surface area contributed by atoms with Gasteiger partial charge in [-0.05, 0) is 37.8 Å². The van der Waals surface area contributed by atoms with Gasteiger partial charge in [0.1, 0.15) is 0 Å². The maximum absolute atomic E-state index is 12.2. The molecule has 18 heavy (non-hydrogen) atoms. The van der Waals surface area contributed by atoms with Crippen LogP contribution in [0.15, 0.2) is 23.1 Å². The minimum absolute atomic E-state index is 0.352. The van der Waals surface area contributed by atoms with Crippen molar-refractivity contribution in [2.45, 2.75) is 36.7 Å². The normalized spacial score (nSPS) is 21.1. The molecule has 2 unspecified atom stereocenters. The van der Waals surface area contributed by atoms with Crippen LogP contribution in [0.2, 0.25) is 5.02 Å². The van der Waals surface area contributed by atoms with Crippen LogP contribution in [0.25, 0.3) is 0 Å². The number of nitrogen functional groups attached to an aromatic ring is 1. The minimum Gasteiger partial charge on any atom is -0.398 e. The molecule has 2 atom stereocenters. The highest BCUT2D eigenvalue weighted by Gasteiger charge is 2.17. The van der Waals surface area contributed by atoms with Crippen molar-refractivity contribution in [2.75, 3.05) is 18.1 Å². The molecule has 100 valence electrons. The van der Waals surface area contributed by atoms with E-state index in [-0.39, 0.29) is 0 Å². The third kappa shape index (κ3) is 3.46. The lowest BCUT2D eigenvalue weighted by Crippen LogP contribution is -2.08. The lowest BCUT2D eigenvalue weighted by molar-refractivity contribution is 0.104. The van der Waals surface area contributed by atoms with Crippen molar-refractivity contribution in [3.05, 3.63) is 23.2 Å². The standard InChI is InChI=1S/C13H18ClNO2S/c14-11-6-1-7-12(15)13(11)18(16)9-3-5-10-4-2-8-17-10/h1,6-7,10H,2-5,8-9,15H2. The lowest BCUT2D eigenvalue weighted by atomic mass is 10.1. The first-order valence-corrected chi connectivity index (χ1v) is 7.92. The fraction of sp³-hybridized carbons (Fsp3) is 0.538. The Bertz CT molecular complexity index is 413. The molecule has 1 aromatic rings. The Morgan fingerprint density at radius 3 is 3.00 bits per heavy atom. The van der Waals surface area contributed by atoms with Crippen LogP contribution in [-0.4, -0.2) is 22.7 Å². The maximum atomic E-state index is 12.2. The molecule has 5 heteroatoms. The summed E-state index contributed by atoms with van der Waals surface area (Å²) >= 11 is 6.03. The molecule has 0 radical (unpaired) electrons. The SMILES string of the molecule is Nc1cccc(Cl)c1S(=O)CCCC1CCCO1. The average molecular weight is 288 g/mol. The molecule has 0 aliphatic carbocycles. The highest BCUT2D eigenvalue weighted by atomic mass is 35.5. The number of hydrogen-bond donors (Lipinski definition) is 1. The number of benzene rings is 1. The zero-order valence-corrected chi connectivity index (χ0v) is 11.8. The second-order valence-corrected chi connectivity index (χ2v) is 6.40. The van der Waals surface area contributed by atoms with Gasteiger partial charge in [0.15, 0.2) is 0 Å². The fourth-order valence-electron chi connectivity index (χ4n) is 2.18. The van der Waals surface area contributed by atoms with Crippen LogP contribution in [-0.2, 0) is 15.5 Å². The van der Waals surface area contributed by atoms with Gasteiger partial charge in [-0.2, -0.15) is 0 Å². The van der Waals surface area contributed by atoms with E-state index in [4.69, 9.17) is 22.1 Å². The summed E-state index contributed by atoms with van der Waals surface area (Å²) in [6.45, 7) is 0.866. The molecule has 3 nitrogen and oxygen atoms in total. The second-order valence-electron chi connectivity index (χ2n) is 4.49. The number of anilines is 1. The van der Waals surface area contributed by atoms with Crippen molar-refractivity contribution < 1.29 is 8.95 Å². The summed E-state index contributed by atoms with van der Waals surface area (Å²) in [4.78, 5) is 0.575. The van der Waals surface area contributed by atoms with E-state index < -0.39 is 10.8 Å². The lowest BCUT2D eigenvalue weighted by Gasteiger charge is -2.10. The summed E-state index contributed by atoms with van der Waals surface area (Å²) in [5, 5.41) is 0.491. The largest absolute Gasteiger partial charge is 0.398 e. The summed E-state index contributed by atoms with van der Waals surface area (Å²) in [5.74, 6) is 0.591. The molecule has 0 amide bonds. The minimum atomic E-state index is -1.12. The monoisotopic (exact) mass is 287 g/mol. The summed E-state index contributed by atoms with van der Waals surface area (Å²) < 4.78 is 17.7. The van der Waals surface area contributed by atoms with Crippen LogP contribution in [0.4, 0.5) is 5.69 Å². The summed E-state index contributed by atoms with van der Waals surface area (Å²) in [7, 11) is -1.12. The Labute approximate surface area is 115 Å². The molecular formula is C13H18ClNO2S. The number of rotatable bonds is 5. The van der Waals surface area contributed by atoms with E-state index in [0.717, 1.165) is 32.3 Å². The van der Waals surface area contributed by atoms with Crippen LogP contribution < -0.4 is 5.73 Å². The Morgan fingerprint density at radius 1 is 1.50 bits per heavy atom. The highest BCUT2D eigenvalue weighted by molar-refractivity contribution is 7.85. The van der Waals surface area contributed by atoms with Gasteiger partial charge in [-0.25, -0.2) is 0 Å². The molecule has 1 aliphatic rings. The number of halogens is 1. The number of ether oxygens (including phenoxy) is 1. The molecular weight excluding hydrogens is 270 g/mol. The van der Waals surface area contributed by atoms with Gasteiger partial charge in [-0.15, -0.1) is 0 Å². The number of nitrogens with two attached hydrogens (primary N) is 1. The molecule has 1 aliphatic heterocycles. The zero-order chi connectivity index (χ0) is 13.0. The molecule has 2 N–H and O–H groups in total. The van der Waals surface area contributed by atoms with Crippen molar-refractivity contribution in [3.8, 4) is 0 Å². The van der Waals surface area contributed by atoms with Gasteiger partial charge in [0, 0.05) is 18.0 Å². The van der Waals surface area contributed by atoms with Gasteiger partial charge in [0.05, 0.1) is 26.8 Å². The smallest absolute Gasteiger partial charge is 0.0803 e. The quantitative estimate of drug-likeness (QED) is 0.847. The van der Waals surface area contributed by atoms with Gasteiger partial charge >= 0.3 is 0 Å². The molecule has 1 aromatic carbocycles. The van der Waals surface area contributed by atoms with Crippen LogP contribution >= 0.6 is 11.6 Å². The van der Waals surface area contributed by atoms with E-state index in [0.29, 0.717) is 27.5 Å². The Balaban J connectivity index is 1.87. The third-order valence-corrected chi connectivity index (χ3v) is 5.10. The Kier molecular flexibility index (Phi) is 5.03. The second kappa shape index (κ2) is 6.55. The summed E-state index contributed by atoms with van der Waals surface area (Å²) in [6.07, 6.45) is 4.47. The molecule has 1 fully saturated rings. The topological polar surface area (TPSA) is 52.3 Å². The summed E-state index contributed by atoms with van der Waals surface area (Å²) in [6, 6.07) is 5.23. The van der Waals surface area contributed by atoms with Gasteiger partial charge in [-0.1, -0.05) is 17.7 Å². The van der Waals surface area contributed by atoms with Crippen molar-refractivity contribution in [3.63, 3.8) is 0 Å². The first-order chi connectivity index (χ1) is 8.68. The molecule has 0 spiro atoms. The molecule has 0 bridgehead atoms. The molecule has 1 saturated heterocycles. The number of hydrogen-bond acceptors (Lipinski definition) is 3. The van der Waals surface area contributed by atoms with E-state index in [1.165, 1.54) is 0 Å². The maximum Gasteiger partial charge on any atom is 0.0803 e. The van der Waals surface area contributed by atoms with Crippen LogP contribution in [0.1, 0.15) is 25.7 Å².